The molecule has 5 heteroatoms. The highest BCUT2D eigenvalue weighted by Crippen LogP contribution is 2.22. The second-order valence-electron chi connectivity index (χ2n) is 3.23. The Balaban J connectivity index is 3.15. The Morgan fingerprint density at radius 2 is 2.20 bits per heavy atom. The molecule has 0 aliphatic carbocycles. The maximum Gasteiger partial charge on any atom is 0.273 e. The van der Waals surface area contributed by atoms with Crippen LogP contribution in [0.1, 0.15) is 18.1 Å². The van der Waals surface area contributed by atoms with Crippen LogP contribution in [0.15, 0.2) is 18.2 Å². The fourth-order valence-electron chi connectivity index (χ4n) is 1.28. The first-order valence-electron chi connectivity index (χ1n) is 4.36. The number of benzene rings is 1. The van der Waals surface area contributed by atoms with Gasteiger partial charge in [0.1, 0.15) is 5.78 Å². The number of ketones is 1. The van der Waals surface area contributed by atoms with E-state index in [4.69, 9.17) is 0 Å². The van der Waals surface area contributed by atoms with Gasteiger partial charge in [0, 0.05) is 23.4 Å². The van der Waals surface area contributed by atoms with Crippen molar-refractivity contribution in [2.24, 2.45) is 0 Å². The second kappa shape index (κ2) is 5.02. The van der Waals surface area contributed by atoms with Crippen LogP contribution in [0.25, 0.3) is 0 Å². The van der Waals surface area contributed by atoms with Crippen LogP contribution in [0.3, 0.4) is 0 Å². The number of nitro groups is 1. The van der Waals surface area contributed by atoms with E-state index in [0.717, 1.165) is 5.56 Å². The molecule has 0 N–H and O–H groups in total. The van der Waals surface area contributed by atoms with Crippen LogP contribution >= 0.6 is 15.9 Å². The summed E-state index contributed by atoms with van der Waals surface area (Å²) < 4.78 is 0. The van der Waals surface area contributed by atoms with Gasteiger partial charge in [-0.25, -0.2) is 0 Å². The highest BCUT2D eigenvalue weighted by molar-refractivity contribution is 9.08. The summed E-state index contributed by atoms with van der Waals surface area (Å²) in [4.78, 5) is 21.2. The molecule has 0 bridgehead atoms. The summed E-state index contributed by atoms with van der Waals surface area (Å²) in [5, 5.41) is 11.3. The molecule has 0 aliphatic rings. The molecule has 0 heterocycles. The van der Waals surface area contributed by atoms with Crippen LogP contribution in [-0.4, -0.2) is 10.7 Å². The van der Waals surface area contributed by atoms with E-state index in [0.29, 0.717) is 10.9 Å². The van der Waals surface area contributed by atoms with Crippen LogP contribution in [0.4, 0.5) is 5.69 Å². The minimum atomic E-state index is -0.454. The number of rotatable bonds is 4. The lowest BCUT2D eigenvalue weighted by molar-refractivity contribution is -0.385. The highest BCUT2D eigenvalue weighted by Gasteiger charge is 2.15. The molecular weight excluding hydrogens is 262 g/mol. The quantitative estimate of drug-likeness (QED) is 0.481. The third-order valence-electron chi connectivity index (χ3n) is 1.94. The summed E-state index contributed by atoms with van der Waals surface area (Å²) in [7, 11) is 0. The molecule has 0 spiro atoms. The Morgan fingerprint density at radius 3 is 2.67 bits per heavy atom. The van der Waals surface area contributed by atoms with Crippen LogP contribution in [0, 0.1) is 10.1 Å². The van der Waals surface area contributed by atoms with Gasteiger partial charge in [0.05, 0.1) is 4.92 Å². The van der Waals surface area contributed by atoms with Gasteiger partial charge in [-0.3, -0.25) is 14.9 Å². The Kier molecular flexibility index (Phi) is 3.96. The van der Waals surface area contributed by atoms with E-state index in [1.807, 2.05) is 0 Å². The normalized spacial score (nSPS) is 10.0. The number of nitrogens with zero attached hydrogens (tertiary/aromatic N) is 1. The highest BCUT2D eigenvalue weighted by atomic mass is 79.9. The molecule has 0 radical (unpaired) electrons. The van der Waals surface area contributed by atoms with Crippen LogP contribution in [0.2, 0.25) is 0 Å². The lowest BCUT2D eigenvalue weighted by atomic mass is 10.1. The first-order chi connectivity index (χ1) is 7.04. The van der Waals surface area contributed by atoms with Crippen molar-refractivity contribution in [2.45, 2.75) is 18.7 Å². The molecule has 1 aromatic carbocycles. The fraction of sp³-hybridized carbons (Fsp3) is 0.300. The van der Waals surface area contributed by atoms with E-state index in [9.17, 15) is 14.9 Å². The van der Waals surface area contributed by atoms with Gasteiger partial charge in [-0.1, -0.05) is 28.1 Å². The van der Waals surface area contributed by atoms with Crippen molar-refractivity contribution in [3.8, 4) is 0 Å². The van der Waals surface area contributed by atoms with Gasteiger partial charge in [-0.05, 0) is 12.5 Å². The monoisotopic (exact) mass is 271 g/mol. The van der Waals surface area contributed by atoms with Crippen LogP contribution < -0.4 is 0 Å². The molecule has 0 fully saturated rings. The zero-order valence-electron chi connectivity index (χ0n) is 8.20. The van der Waals surface area contributed by atoms with Gasteiger partial charge in [0.15, 0.2) is 0 Å². The Hall–Kier alpha value is -1.23. The topological polar surface area (TPSA) is 60.2 Å². The minimum absolute atomic E-state index is 0.0159. The predicted octanol–water partition coefficient (Wildman–Crippen LogP) is 2.62. The molecule has 15 heavy (non-hydrogen) atoms. The number of nitro benzene ring substituents is 1. The molecule has 0 unspecified atom stereocenters. The van der Waals surface area contributed by atoms with Crippen LogP contribution in [-0.2, 0) is 16.5 Å². The Bertz CT molecular complexity index is 404. The van der Waals surface area contributed by atoms with Crippen molar-refractivity contribution < 1.29 is 9.72 Å². The largest absolute Gasteiger partial charge is 0.300 e. The number of hydrogen-bond acceptors (Lipinski definition) is 3. The van der Waals surface area contributed by atoms with Crippen molar-refractivity contribution >= 4 is 27.4 Å². The fourth-order valence-corrected chi connectivity index (χ4v) is 1.63. The Labute approximate surface area is 95.6 Å². The molecule has 1 aromatic rings. The van der Waals surface area contributed by atoms with E-state index in [-0.39, 0.29) is 17.9 Å². The van der Waals surface area contributed by atoms with Gasteiger partial charge in [0.2, 0.25) is 0 Å². The van der Waals surface area contributed by atoms with Crippen molar-refractivity contribution in [3.63, 3.8) is 0 Å². The van der Waals surface area contributed by atoms with Gasteiger partial charge in [-0.2, -0.15) is 0 Å². The summed E-state index contributed by atoms with van der Waals surface area (Å²) >= 11 is 3.23. The van der Waals surface area contributed by atoms with E-state index in [2.05, 4.69) is 15.9 Å². The van der Waals surface area contributed by atoms with Crippen molar-refractivity contribution in [1.29, 1.82) is 0 Å². The second-order valence-corrected chi connectivity index (χ2v) is 3.79. The van der Waals surface area contributed by atoms with Crippen molar-refractivity contribution in [2.75, 3.05) is 0 Å². The first-order valence-corrected chi connectivity index (χ1v) is 5.48. The molecular formula is C10H10BrNO3. The van der Waals surface area contributed by atoms with Gasteiger partial charge in [0.25, 0.3) is 5.69 Å². The van der Waals surface area contributed by atoms with Crippen molar-refractivity contribution in [1.82, 2.24) is 0 Å². The van der Waals surface area contributed by atoms with Gasteiger partial charge in [-0.15, -0.1) is 0 Å². The number of alkyl halides is 1. The molecule has 80 valence electrons. The number of carbonyl (C=O) groups is 1. The molecule has 4 nitrogen and oxygen atoms in total. The van der Waals surface area contributed by atoms with E-state index in [1.165, 1.54) is 13.0 Å². The summed E-state index contributed by atoms with van der Waals surface area (Å²) in [6.07, 6.45) is 0.110. The predicted molar refractivity (Wildman–Crippen MR) is 60.1 cm³/mol. The first kappa shape index (κ1) is 11.8. The molecule has 0 amide bonds. The lowest BCUT2D eigenvalue weighted by Gasteiger charge is -2.02. The maximum atomic E-state index is 10.9. The molecule has 0 aliphatic heterocycles. The Morgan fingerprint density at radius 1 is 1.53 bits per heavy atom. The average molecular weight is 272 g/mol. The average Bonchev–Trinajstić information content (AvgIpc) is 2.17. The zero-order chi connectivity index (χ0) is 11.4. The van der Waals surface area contributed by atoms with E-state index < -0.39 is 4.92 Å². The number of Topliss-reactive ketones (excluding diaryl/α,β-unsaturated/α-hetero) is 1. The third kappa shape index (κ3) is 3.13. The van der Waals surface area contributed by atoms with Crippen molar-refractivity contribution in [3.05, 3.63) is 39.4 Å². The summed E-state index contributed by atoms with van der Waals surface area (Å²) in [5.74, 6) is -0.0790. The lowest BCUT2D eigenvalue weighted by Crippen LogP contribution is -2.01. The summed E-state index contributed by atoms with van der Waals surface area (Å²) in [6.45, 7) is 1.42. The van der Waals surface area contributed by atoms with E-state index >= 15 is 0 Å². The number of halogens is 1. The maximum absolute atomic E-state index is 10.9. The molecule has 0 aromatic heterocycles. The summed E-state index contributed by atoms with van der Waals surface area (Å²) in [6, 6.07) is 4.91. The smallest absolute Gasteiger partial charge is 0.273 e. The summed E-state index contributed by atoms with van der Waals surface area (Å²) in [5.41, 5.74) is 1.31. The zero-order valence-corrected chi connectivity index (χ0v) is 9.78. The van der Waals surface area contributed by atoms with Gasteiger partial charge >= 0.3 is 0 Å². The molecule has 0 atom stereocenters. The van der Waals surface area contributed by atoms with Crippen LogP contribution in [0.5, 0.6) is 0 Å². The minimum Gasteiger partial charge on any atom is -0.300 e. The third-order valence-corrected chi connectivity index (χ3v) is 2.59. The molecule has 0 saturated heterocycles. The molecule has 1 rings (SSSR count). The number of hydrogen-bond donors (Lipinski definition) is 0. The number of carbonyl (C=O) groups excluding carboxylic acids is 1. The van der Waals surface area contributed by atoms with Gasteiger partial charge < -0.3 is 0 Å². The molecule has 0 saturated carbocycles. The standard InChI is InChI=1S/C10H10BrNO3/c1-7(13)4-9-3-2-8(6-11)5-10(9)12(14)15/h2-3,5H,4,6H2,1H3. The SMILES string of the molecule is CC(=O)Cc1ccc(CBr)cc1[N+](=O)[O-]. The van der Waals surface area contributed by atoms with E-state index in [1.54, 1.807) is 12.1 Å².